The Hall–Kier alpha value is -0.860. The quantitative estimate of drug-likeness (QED) is 0.769. The van der Waals surface area contributed by atoms with Crippen LogP contribution in [0.1, 0.15) is 31.0 Å². The summed E-state index contributed by atoms with van der Waals surface area (Å²) in [5, 5.41) is 0. The summed E-state index contributed by atoms with van der Waals surface area (Å²) in [5.41, 5.74) is 14.4. The molecular formula is C12H20N2. The fourth-order valence-electron chi connectivity index (χ4n) is 1.43. The third kappa shape index (κ3) is 2.56. The molecule has 0 fully saturated rings. The van der Waals surface area contributed by atoms with E-state index in [9.17, 15) is 0 Å². The van der Waals surface area contributed by atoms with E-state index in [1.807, 2.05) is 0 Å². The maximum atomic E-state index is 6.06. The highest BCUT2D eigenvalue weighted by molar-refractivity contribution is 5.24. The molecule has 0 aliphatic carbocycles. The minimum absolute atomic E-state index is 0.0257. The van der Waals surface area contributed by atoms with E-state index in [0.717, 1.165) is 5.56 Å². The molecule has 2 heteroatoms. The average Bonchev–Trinajstić information content (AvgIpc) is 2.16. The van der Waals surface area contributed by atoms with Gasteiger partial charge in [0.15, 0.2) is 0 Å². The molecule has 14 heavy (non-hydrogen) atoms. The molecule has 1 aromatic rings. The number of hydrogen-bond acceptors (Lipinski definition) is 2. The van der Waals surface area contributed by atoms with Crippen molar-refractivity contribution in [2.45, 2.75) is 32.9 Å². The van der Waals surface area contributed by atoms with Crippen LogP contribution in [0.5, 0.6) is 0 Å². The van der Waals surface area contributed by atoms with Gasteiger partial charge in [0.25, 0.3) is 0 Å². The van der Waals surface area contributed by atoms with Gasteiger partial charge in [-0.1, -0.05) is 43.7 Å². The Bertz CT molecular complexity index is 277. The average molecular weight is 192 g/mol. The van der Waals surface area contributed by atoms with Gasteiger partial charge in [-0.25, -0.2) is 0 Å². The van der Waals surface area contributed by atoms with Crippen LogP contribution in [0.25, 0.3) is 0 Å². The van der Waals surface area contributed by atoms with Crippen molar-refractivity contribution in [3.05, 3.63) is 35.4 Å². The summed E-state index contributed by atoms with van der Waals surface area (Å²) in [6.07, 6.45) is 0. The lowest BCUT2D eigenvalue weighted by Crippen LogP contribution is -2.38. The number of aryl methyl sites for hydroxylation is 1. The molecule has 0 aliphatic heterocycles. The molecule has 0 aliphatic rings. The first-order valence-electron chi connectivity index (χ1n) is 5.10. The van der Waals surface area contributed by atoms with E-state index in [2.05, 4.69) is 45.0 Å². The maximum absolute atomic E-state index is 6.06. The van der Waals surface area contributed by atoms with Gasteiger partial charge < -0.3 is 11.5 Å². The van der Waals surface area contributed by atoms with Crippen molar-refractivity contribution >= 4 is 0 Å². The van der Waals surface area contributed by atoms with Gasteiger partial charge in [0.2, 0.25) is 0 Å². The molecule has 0 aromatic heterocycles. The highest BCUT2D eigenvalue weighted by Gasteiger charge is 2.17. The fourth-order valence-corrected chi connectivity index (χ4v) is 1.43. The third-order valence-corrected chi connectivity index (χ3v) is 2.65. The van der Waals surface area contributed by atoms with E-state index in [-0.39, 0.29) is 12.1 Å². The third-order valence-electron chi connectivity index (χ3n) is 2.65. The van der Waals surface area contributed by atoms with Crippen molar-refractivity contribution in [1.82, 2.24) is 0 Å². The number of benzene rings is 1. The monoisotopic (exact) mass is 192 g/mol. The van der Waals surface area contributed by atoms with Crippen LogP contribution in [0.2, 0.25) is 0 Å². The molecule has 0 heterocycles. The Kier molecular flexibility index (Phi) is 3.67. The maximum Gasteiger partial charge on any atom is 0.0451 e. The van der Waals surface area contributed by atoms with Gasteiger partial charge >= 0.3 is 0 Å². The van der Waals surface area contributed by atoms with Gasteiger partial charge in [-0.15, -0.1) is 0 Å². The van der Waals surface area contributed by atoms with Crippen molar-refractivity contribution in [3.8, 4) is 0 Å². The molecule has 2 nitrogen and oxygen atoms in total. The number of rotatable bonds is 3. The highest BCUT2D eigenvalue weighted by atomic mass is 14.8. The van der Waals surface area contributed by atoms with Crippen LogP contribution in [0.3, 0.4) is 0 Å². The van der Waals surface area contributed by atoms with E-state index in [1.165, 1.54) is 5.56 Å². The molecule has 2 atom stereocenters. The lowest BCUT2D eigenvalue weighted by atomic mass is 9.92. The first-order valence-corrected chi connectivity index (χ1v) is 5.10. The Morgan fingerprint density at radius 2 is 1.50 bits per heavy atom. The van der Waals surface area contributed by atoms with Crippen LogP contribution in [0, 0.1) is 12.8 Å². The van der Waals surface area contributed by atoms with E-state index in [4.69, 9.17) is 11.5 Å². The number of nitrogens with two attached hydrogens (primary N) is 2. The summed E-state index contributed by atoms with van der Waals surface area (Å²) in [5.74, 6) is 0.409. The molecule has 0 spiro atoms. The van der Waals surface area contributed by atoms with E-state index in [1.54, 1.807) is 0 Å². The van der Waals surface area contributed by atoms with E-state index < -0.39 is 0 Å². The lowest BCUT2D eigenvalue weighted by Gasteiger charge is -2.23. The van der Waals surface area contributed by atoms with Crippen molar-refractivity contribution in [1.29, 1.82) is 0 Å². The van der Waals surface area contributed by atoms with Crippen molar-refractivity contribution < 1.29 is 0 Å². The summed E-state index contributed by atoms with van der Waals surface area (Å²) < 4.78 is 0. The minimum atomic E-state index is -0.0596. The zero-order chi connectivity index (χ0) is 10.7. The van der Waals surface area contributed by atoms with Crippen LogP contribution in [0.15, 0.2) is 24.3 Å². The minimum Gasteiger partial charge on any atom is -0.326 e. The van der Waals surface area contributed by atoms with Crippen LogP contribution in [-0.2, 0) is 0 Å². The van der Waals surface area contributed by atoms with Gasteiger partial charge in [0, 0.05) is 12.1 Å². The first-order chi connectivity index (χ1) is 6.52. The largest absolute Gasteiger partial charge is 0.326 e. The molecule has 1 aromatic carbocycles. The molecule has 78 valence electrons. The van der Waals surface area contributed by atoms with Gasteiger partial charge in [-0.2, -0.15) is 0 Å². The fraction of sp³-hybridized carbons (Fsp3) is 0.500. The summed E-state index contributed by atoms with van der Waals surface area (Å²) in [7, 11) is 0. The van der Waals surface area contributed by atoms with E-state index >= 15 is 0 Å². The predicted molar refractivity (Wildman–Crippen MR) is 60.9 cm³/mol. The van der Waals surface area contributed by atoms with Gasteiger partial charge in [-0.3, -0.25) is 0 Å². The Labute approximate surface area is 86.3 Å². The van der Waals surface area contributed by atoms with E-state index in [0.29, 0.717) is 5.92 Å². The molecule has 0 amide bonds. The van der Waals surface area contributed by atoms with Crippen LogP contribution in [0.4, 0.5) is 0 Å². The van der Waals surface area contributed by atoms with Crippen molar-refractivity contribution in [2.24, 2.45) is 17.4 Å². The normalized spacial score (nSPS) is 15.6. The van der Waals surface area contributed by atoms with Crippen molar-refractivity contribution in [3.63, 3.8) is 0 Å². The van der Waals surface area contributed by atoms with Gasteiger partial charge in [0.1, 0.15) is 0 Å². The molecule has 1 rings (SSSR count). The summed E-state index contributed by atoms with van der Waals surface area (Å²) in [6.45, 7) is 6.26. The van der Waals surface area contributed by atoms with Crippen molar-refractivity contribution in [2.75, 3.05) is 0 Å². The van der Waals surface area contributed by atoms with Crippen LogP contribution >= 0.6 is 0 Å². The molecule has 0 saturated heterocycles. The van der Waals surface area contributed by atoms with Crippen LogP contribution < -0.4 is 11.5 Å². The Morgan fingerprint density at radius 1 is 1.00 bits per heavy atom. The number of hydrogen-bond donors (Lipinski definition) is 2. The topological polar surface area (TPSA) is 52.0 Å². The molecule has 0 bridgehead atoms. The SMILES string of the molecule is Cc1ccc([C@H](N)[C@@H](N)C(C)C)cc1. The molecule has 0 unspecified atom stereocenters. The summed E-state index contributed by atoms with van der Waals surface area (Å²) >= 11 is 0. The zero-order valence-corrected chi connectivity index (χ0v) is 9.20. The summed E-state index contributed by atoms with van der Waals surface area (Å²) in [4.78, 5) is 0. The second-order valence-electron chi connectivity index (χ2n) is 4.26. The molecule has 0 radical (unpaired) electrons. The standard InChI is InChI=1S/C12H20N2/c1-8(2)11(13)12(14)10-6-4-9(3)5-7-10/h4-8,11-12H,13-14H2,1-3H3/t11-,12-/m0/s1. The second kappa shape index (κ2) is 4.58. The molecular weight excluding hydrogens is 172 g/mol. The zero-order valence-electron chi connectivity index (χ0n) is 9.20. The lowest BCUT2D eigenvalue weighted by molar-refractivity contribution is 0.423. The second-order valence-corrected chi connectivity index (χ2v) is 4.26. The van der Waals surface area contributed by atoms with Gasteiger partial charge in [0.05, 0.1) is 0 Å². The Morgan fingerprint density at radius 3 is 1.93 bits per heavy atom. The van der Waals surface area contributed by atoms with Gasteiger partial charge in [-0.05, 0) is 18.4 Å². The molecule has 4 N–H and O–H groups in total. The smallest absolute Gasteiger partial charge is 0.0451 e. The van der Waals surface area contributed by atoms with Crippen LogP contribution in [-0.4, -0.2) is 6.04 Å². The predicted octanol–water partition coefficient (Wildman–Crippen LogP) is 1.98. The Balaban J connectivity index is 2.78. The summed E-state index contributed by atoms with van der Waals surface area (Å²) in [6, 6.07) is 8.22. The molecule has 0 saturated carbocycles. The highest BCUT2D eigenvalue weighted by Crippen LogP contribution is 2.18. The first kappa shape index (κ1) is 11.2.